The highest BCUT2D eigenvalue weighted by Gasteiger charge is 2.16. The van der Waals surface area contributed by atoms with Crippen molar-refractivity contribution in [2.45, 2.75) is 25.0 Å². The van der Waals surface area contributed by atoms with Gasteiger partial charge in [-0.05, 0) is 18.6 Å². The van der Waals surface area contributed by atoms with Crippen molar-refractivity contribution in [1.29, 1.82) is 0 Å². The monoisotopic (exact) mass is 311 g/mol. The molecule has 0 aliphatic heterocycles. The average molecular weight is 312 g/mol. The molecule has 1 N–H and O–H groups in total. The zero-order valence-electron chi connectivity index (χ0n) is 10.9. The highest BCUT2D eigenvalue weighted by molar-refractivity contribution is 7.99. The van der Waals surface area contributed by atoms with Crippen LogP contribution in [0.2, 0.25) is 5.02 Å². The van der Waals surface area contributed by atoms with Gasteiger partial charge in [0.15, 0.2) is 11.0 Å². The van der Waals surface area contributed by atoms with E-state index in [1.165, 1.54) is 0 Å². The molecule has 0 amide bonds. The number of nitrogens with zero attached hydrogens (tertiary/aromatic N) is 3. The molecule has 0 atom stereocenters. The van der Waals surface area contributed by atoms with E-state index in [-0.39, 0.29) is 5.75 Å². The van der Waals surface area contributed by atoms with E-state index in [1.54, 1.807) is 6.07 Å². The summed E-state index contributed by atoms with van der Waals surface area (Å²) in [5.74, 6) is -0.240. The largest absolute Gasteiger partial charge is 0.481 e. The Morgan fingerprint density at radius 2 is 2.15 bits per heavy atom. The zero-order chi connectivity index (χ0) is 14.5. The minimum Gasteiger partial charge on any atom is -0.481 e. The molecule has 0 aliphatic rings. The minimum atomic E-state index is -0.875. The average Bonchev–Trinajstić information content (AvgIpc) is 2.80. The minimum absolute atomic E-state index is 0.0373. The van der Waals surface area contributed by atoms with Gasteiger partial charge in [-0.2, -0.15) is 0 Å². The fourth-order valence-electron chi connectivity index (χ4n) is 1.79. The Balaban J connectivity index is 2.38. The molecule has 2 aromatic rings. The molecule has 1 heterocycles. The molecule has 1 aromatic heterocycles. The molecule has 5 nitrogen and oxygen atoms in total. The molecule has 0 saturated carbocycles. The lowest BCUT2D eigenvalue weighted by Crippen LogP contribution is -2.04. The zero-order valence-corrected chi connectivity index (χ0v) is 12.5. The van der Waals surface area contributed by atoms with Crippen molar-refractivity contribution in [1.82, 2.24) is 14.8 Å². The van der Waals surface area contributed by atoms with Crippen LogP contribution in [0.4, 0.5) is 0 Å². The Kier molecular flexibility index (Phi) is 5.03. The number of benzene rings is 1. The van der Waals surface area contributed by atoms with Crippen molar-refractivity contribution < 1.29 is 9.90 Å². The summed E-state index contributed by atoms with van der Waals surface area (Å²) < 4.78 is 1.91. The number of carboxylic acid groups (broad SMARTS) is 1. The molecule has 0 bridgehead atoms. The molecule has 0 saturated heterocycles. The van der Waals surface area contributed by atoms with E-state index >= 15 is 0 Å². The Hall–Kier alpha value is -1.53. The van der Waals surface area contributed by atoms with Gasteiger partial charge in [-0.25, -0.2) is 0 Å². The quantitative estimate of drug-likeness (QED) is 0.830. The smallest absolute Gasteiger partial charge is 0.313 e. The topological polar surface area (TPSA) is 68.0 Å². The summed E-state index contributed by atoms with van der Waals surface area (Å²) in [5, 5.41) is 18.2. The first-order valence-corrected chi connectivity index (χ1v) is 7.52. The second-order valence-corrected chi connectivity index (χ2v) is 5.47. The van der Waals surface area contributed by atoms with Gasteiger partial charge >= 0.3 is 5.97 Å². The summed E-state index contributed by atoms with van der Waals surface area (Å²) >= 11 is 7.35. The first-order chi connectivity index (χ1) is 9.63. The fourth-order valence-corrected chi connectivity index (χ4v) is 2.69. The Bertz CT molecular complexity index is 615. The standard InChI is InChI=1S/C13H14ClN3O2S/c1-2-7-17-12(9-5-3-4-6-10(9)14)15-16-13(17)20-8-11(18)19/h3-6H,2,7-8H2,1H3,(H,18,19). The normalized spacial score (nSPS) is 10.7. The van der Waals surface area contributed by atoms with Gasteiger partial charge in [-0.15, -0.1) is 10.2 Å². The highest BCUT2D eigenvalue weighted by Crippen LogP contribution is 2.29. The number of thioether (sulfide) groups is 1. The molecule has 20 heavy (non-hydrogen) atoms. The molecule has 106 valence electrons. The van der Waals surface area contributed by atoms with E-state index < -0.39 is 5.97 Å². The number of halogens is 1. The summed E-state index contributed by atoms with van der Waals surface area (Å²) in [6.07, 6.45) is 0.899. The summed E-state index contributed by atoms with van der Waals surface area (Å²) in [6.45, 7) is 2.76. The second kappa shape index (κ2) is 6.76. The van der Waals surface area contributed by atoms with Gasteiger partial charge in [0.05, 0.1) is 10.8 Å². The molecule has 1 aromatic carbocycles. The van der Waals surface area contributed by atoms with Gasteiger partial charge in [0.1, 0.15) is 0 Å². The van der Waals surface area contributed by atoms with Crippen LogP contribution in [0.3, 0.4) is 0 Å². The molecular weight excluding hydrogens is 298 g/mol. The Labute approximate surface area is 126 Å². The van der Waals surface area contributed by atoms with Gasteiger partial charge in [-0.3, -0.25) is 4.79 Å². The van der Waals surface area contributed by atoms with Crippen LogP contribution in [-0.2, 0) is 11.3 Å². The number of hydrogen-bond acceptors (Lipinski definition) is 4. The van der Waals surface area contributed by atoms with Crippen molar-refractivity contribution in [3.63, 3.8) is 0 Å². The molecule has 0 fully saturated rings. The van der Waals surface area contributed by atoms with Gasteiger partial charge in [-0.1, -0.05) is 42.4 Å². The molecule has 2 rings (SSSR count). The summed E-state index contributed by atoms with van der Waals surface area (Å²) in [7, 11) is 0. The van der Waals surface area contributed by atoms with Crippen LogP contribution in [-0.4, -0.2) is 31.6 Å². The van der Waals surface area contributed by atoms with Crippen LogP contribution in [0.5, 0.6) is 0 Å². The van der Waals surface area contributed by atoms with E-state index in [1.807, 2.05) is 29.7 Å². The van der Waals surface area contributed by atoms with Gasteiger partial charge in [0.25, 0.3) is 0 Å². The third kappa shape index (κ3) is 3.32. The van der Waals surface area contributed by atoms with Crippen molar-refractivity contribution in [3.8, 4) is 11.4 Å². The van der Waals surface area contributed by atoms with Crippen molar-refractivity contribution in [3.05, 3.63) is 29.3 Å². The second-order valence-electron chi connectivity index (χ2n) is 4.12. The molecule has 0 aliphatic carbocycles. The van der Waals surface area contributed by atoms with E-state index in [0.717, 1.165) is 30.3 Å². The van der Waals surface area contributed by atoms with Gasteiger partial charge in [0.2, 0.25) is 0 Å². The van der Waals surface area contributed by atoms with Crippen LogP contribution >= 0.6 is 23.4 Å². The Morgan fingerprint density at radius 3 is 2.80 bits per heavy atom. The molecule has 0 radical (unpaired) electrons. The van der Waals surface area contributed by atoms with Crippen LogP contribution in [0, 0.1) is 0 Å². The van der Waals surface area contributed by atoms with Gasteiger partial charge in [0, 0.05) is 12.1 Å². The summed E-state index contributed by atoms with van der Waals surface area (Å²) in [5.41, 5.74) is 0.803. The SMILES string of the molecule is CCCn1c(SCC(=O)O)nnc1-c1ccccc1Cl. The van der Waals surface area contributed by atoms with Crippen LogP contribution < -0.4 is 0 Å². The molecular formula is C13H14ClN3O2S. The number of carbonyl (C=O) groups is 1. The fraction of sp³-hybridized carbons (Fsp3) is 0.308. The van der Waals surface area contributed by atoms with Crippen molar-refractivity contribution >= 4 is 29.3 Å². The lowest BCUT2D eigenvalue weighted by molar-refractivity contribution is -0.133. The third-order valence-corrected chi connectivity index (χ3v) is 3.88. The lowest BCUT2D eigenvalue weighted by Gasteiger charge is -2.09. The van der Waals surface area contributed by atoms with Crippen LogP contribution in [0.15, 0.2) is 29.4 Å². The molecule has 0 unspecified atom stereocenters. The van der Waals surface area contributed by atoms with Crippen molar-refractivity contribution in [2.24, 2.45) is 0 Å². The first kappa shape index (κ1) is 14.9. The van der Waals surface area contributed by atoms with E-state index in [4.69, 9.17) is 16.7 Å². The lowest BCUT2D eigenvalue weighted by atomic mass is 10.2. The highest BCUT2D eigenvalue weighted by atomic mass is 35.5. The van der Waals surface area contributed by atoms with Crippen LogP contribution in [0.25, 0.3) is 11.4 Å². The van der Waals surface area contributed by atoms with Crippen LogP contribution in [0.1, 0.15) is 13.3 Å². The number of carboxylic acids is 1. The van der Waals surface area contributed by atoms with E-state index in [9.17, 15) is 4.79 Å². The number of hydrogen-bond donors (Lipinski definition) is 1. The summed E-state index contributed by atoms with van der Waals surface area (Å²) in [6, 6.07) is 7.42. The van der Waals surface area contributed by atoms with E-state index in [2.05, 4.69) is 10.2 Å². The number of aliphatic carboxylic acids is 1. The number of rotatable bonds is 6. The third-order valence-electron chi connectivity index (χ3n) is 2.60. The predicted molar refractivity (Wildman–Crippen MR) is 79.1 cm³/mol. The van der Waals surface area contributed by atoms with E-state index in [0.29, 0.717) is 16.0 Å². The van der Waals surface area contributed by atoms with Gasteiger partial charge < -0.3 is 9.67 Å². The predicted octanol–water partition coefficient (Wildman–Crippen LogP) is 3.19. The number of aromatic nitrogens is 3. The van der Waals surface area contributed by atoms with Crippen molar-refractivity contribution in [2.75, 3.05) is 5.75 Å². The maximum absolute atomic E-state index is 10.7. The summed E-state index contributed by atoms with van der Waals surface area (Å²) in [4.78, 5) is 10.7. The maximum atomic E-state index is 10.7. The molecule has 7 heteroatoms. The molecule has 0 spiro atoms. The Morgan fingerprint density at radius 1 is 1.40 bits per heavy atom. The first-order valence-electron chi connectivity index (χ1n) is 6.16. The maximum Gasteiger partial charge on any atom is 0.313 e.